The highest BCUT2D eigenvalue weighted by Gasteiger charge is 2.34. The molecule has 2 unspecified atom stereocenters. The third-order valence-electron chi connectivity index (χ3n) is 4.60. The number of aromatic nitrogens is 1. The van der Waals surface area contributed by atoms with Crippen LogP contribution in [0.1, 0.15) is 56.3 Å². The number of Topliss-reactive ketones (excluding diaryl/α,β-unsaturated/α-hetero) is 1. The highest BCUT2D eigenvalue weighted by Crippen LogP contribution is 2.27. The molecule has 1 aromatic carbocycles. The summed E-state index contributed by atoms with van der Waals surface area (Å²) in [6.45, 7) is 4.07. The van der Waals surface area contributed by atoms with Gasteiger partial charge in [0.15, 0.2) is 5.78 Å². The summed E-state index contributed by atoms with van der Waals surface area (Å²) in [7, 11) is 0. The van der Waals surface area contributed by atoms with Crippen LogP contribution in [0.15, 0.2) is 36.5 Å². The monoisotopic (exact) mass is 327 g/mol. The van der Waals surface area contributed by atoms with Crippen molar-refractivity contribution >= 4 is 22.7 Å². The standard InChI is InChI=1S/C20H25NO3/c1-3-5-6-9-14(4-2)18(20(23)24)19(22)16-12-15-10-7-8-11-17(15)21-13-16/h7-8,10-14,18H,3-6,9H2,1-2H3,(H,23,24). The first kappa shape index (κ1) is 18.1. The number of carbonyl (C=O) groups is 2. The van der Waals surface area contributed by atoms with Gasteiger partial charge in [-0.1, -0.05) is 57.7 Å². The van der Waals surface area contributed by atoms with Crippen molar-refractivity contribution < 1.29 is 14.7 Å². The molecule has 0 aliphatic carbocycles. The van der Waals surface area contributed by atoms with Crippen molar-refractivity contribution in [3.8, 4) is 0 Å². The van der Waals surface area contributed by atoms with E-state index in [2.05, 4.69) is 11.9 Å². The van der Waals surface area contributed by atoms with E-state index in [0.717, 1.165) is 36.6 Å². The van der Waals surface area contributed by atoms with Crippen LogP contribution in [0, 0.1) is 11.8 Å². The van der Waals surface area contributed by atoms with E-state index in [4.69, 9.17) is 0 Å². The Morgan fingerprint density at radius 1 is 1.17 bits per heavy atom. The molecule has 0 bridgehead atoms. The van der Waals surface area contributed by atoms with Gasteiger partial charge in [-0.2, -0.15) is 0 Å². The molecule has 0 saturated heterocycles. The van der Waals surface area contributed by atoms with Gasteiger partial charge in [0.1, 0.15) is 5.92 Å². The maximum Gasteiger partial charge on any atom is 0.314 e. The molecule has 1 heterocycles. The van der Waals surface area contributed by atoms with Gasteiger partial charge in [-0.3, -0.25) is 14.6 Å². The van der Waals surface area contributed by atoms with Gasteiger partial charge in [0.05, 0.1) is 5.52 Å². The highest BCUT2D eigenvalue weighted by atomic mass is 16.4. The lowest BCUT2D eigenvalue weighted by atomic mass is 9.81. The average molecular weight is 327 g/mol. The van der Waals surface area contributed by atoms with Crippen LogP contribution in [0.2, 0.25) is 0 Å². The Labute approximate surface area is 142 Å². The number of pyridine rings is 1. The van der Waals surface area contributed by atoms with Gasteiger partial charge in [0.2, 0.25) is 0 Å². The zero-order valence-corrected chi connectivity index (χ0v) is 14.4. The first-order valence-corrected chi connectivity index (χ1v) is 8.70. The number of hydrogen-bond acceptors (Lipinski definition) is 3. The molecule has 24 heavy (non-hydrogen) atoms. The van der Waals surface area contributed by atoms with E-state index in [1.54, 1.807) is 6.07 Å². The van der Waals surface area contributed by atoms with Gasteiger partial charge in [0.25, 0.3) is 0 Å². The minimum Gasteiger partial charge on any atom is -0.481 e. The molecule has 0 amide bonds. The number of hydrogen-bond donors (Lipinski definition) is 1. The van der Waals surface area contributed by atoms with E-state index in [0.29, 0.717) is 12.0 Å². The van der Waals surface area contributed by atoms with Gasteiger partial charge >= 0.3 is 5.97 Å². The molecule has 1 aromatic heterocycles. The van der Waals surface area contributed by atoms with Gasteiger partial charge in [-0.05, 0) is 24.5 Å². The molecule has 0 spiro atoms. The normalized spacial score (nSPS) is 13.6. The molecule has 2 aromatic rings. The molecule has 0 saturated carbocycles. The van der Waals surface area contributed by atoms with Crippen LogP contribution in [-0.2, 0) is 4.79 Å². The fraction of sp³-hybridized carbons (Fsp3) is 0.450. The van der Waals surface area contributed by atoms with Crippen LogP contribution in [-0.4, -0.2) is 21.8 Å². The molecule has 2 rings (SSSR count). The molecular weight excluding hydrogens is 302 g/mol. The molecule has 0 aliphatic heterocycles. The lowest BCUT2D eigenvalue weighted by Gasteiger charge is -2.21. The number of unbranched alkanes of at least 4 members (excludes halogenated alkanes) is 2. The summed E-state index contributed by atoms with van der Waals surface area (Å²) >= 11 is 0. The van der Waals surface area contributed by atoms with E-state index in [1.807, 2.05) is 31.2 Å². The highest BCUT2D eigenvalue weighted by molar-refractivity contribution is 6.09. The minimum atomic E-state index is -1.03. The summed E-state index contributed by atoms with van der Waals surface area (Å²) in [5.41, 5.74) is 1.19. The van der Waals surface area contributed by atoms with Gasteiger partial charge < -0.3 is 5.11 Å². The number of para-hydroxylation sites is 1. The van der Waals surface area contributed by atoms with Crippen LogP contribution in [0.3, 0.4) is 0 Å². The third-order valence-corrected chi connectivity index (χ3v) is 4.60. The average Bonchev–Trinajstić information content (AvgIpc) is 2.59. The Morgan fingerprint density at radius 2 is 1.92 bits per heavy atom. The van der Waals surface area contributed by atoms with Crippen LogP contribution < -0.4 is 0 Å². The predicted octanol–water partition coefficient (Wildman–Crippen LogP) is 4.72. The molecular formula is C20H25NO3. The van der Waals surface area contributed by atoms with E-state index in [-0.39, 0.29) is 11.7 Å². The number of aliphatic carboxylic acids is 1. The van der Waals surface area contributed by atoms with Crippen molar-refractivity contribution in [2.45, 2.75) is 46.0 Å². The fourth-order valence-corrected chi connectivity index (χ4v) is 3.18. The van der Waals surface area contributed by atoms with Crippen LogP contribution >= 0.6 is 0 Å². The minimum absolute atomic E-state index is 0.131. The van der Waals surface area contributed by atoms with E-state index in [1.165, 1.54) is 6.20 Å². The van der Waals surface area contributed by atoms with Crippen LogP contribution in [0.25, 0.3) is 10.9 Å². The zero-order valence-electron chi connectivity index (χ0n) is 14.4. The van der Waals surface area contributed by atoms with Crippen molar-refractivity contribution in [1.29, 1.82) is 0 Å². The molecule has 4 heteroatoms. The maximum atomic E-state index is 12.8. The Hall–Kier alpha value is -2.23. The van der Waals surface area contributed by atoms with Gasteiger partial charge in [-0.25, -0.2) is 0 Å². The van der Waals surface area contributed by atoms with E-state index >= 15 is 0 Å². The van der Waals surface area contributed by atoms with Crippen molar-refractivity contribution in [1.82, 2.24) is 4.98 Å². The van der Waals surface area contributed by atoms with Gasteiger partial charge in [0, 0.05) is 17.1 Å². The summed E-state index contributed by atoms with van der Waals surface area (Å²) in [5, 5.41) is 10.5. The zero-order chi connectivity index (χ0) is 17.5. The summed E-state index contributed by atoms with van der Waals surface area (Å²) in [5.74, 6) is -2.48. The quantitative estimate of drug-likeness (QED) is 0.411. The second-order valence-electron chi connectivity index (χ2n) is 6.26. The lowest BCUT2D eigenvalue weighted by Crippen LogP contribution is -2.31. The summed E-state index contributed by atoms with van der Waals surface area (Å²) in [4.78, 5) is 28.9. The van der Waals surface area contributed by atoms with Crippen molar-refractivity contribution in [2.75, 3.05) is 0 Å². The summed E-state index contributed by atoms with van der Waals surface area (Å²) in [6, 6.07) is 9.27. The topological polar surface area (TPSA) is 67.3 Å². The number of carboxylic acid groups (broad SMARTS) is 1. The molecule has 2 atom stereocenters. The Morgan fingerprint density at radius 3 is 2.58 bits per heavy atom. The number of ketones is 1. The second kappa shape index (κ2) is 8.57. The largest absolute Gasteiger partial charge is 0.481 e. The SMILES string of the molecule is CCCCCC(CC)C(C(=O)O)C(=O)c1cnc2ccccc2c1. The Bertz CT molecular complexity index is 711. The number of carboxylic acids is 1. The van der Waals surface area contributed by atoms with Crippen LogP contribution in [0.4, 0.5) is 0 Å². The number of carbonyl (C=O) groups excluding carboxylic acids is 1. The molecule has 0 fully saturated rings. The van der Waals surface area contributed by atoms with E-state index in [9.17, 15) is 14.7 Å². The molecule has 0 aliphatic rings. The van der Waals surface area contributed by atoms with Crippen molar-refractivity contribution in [3.63, 3.8) is 0 Å². The number of rotatable bonds is 9. The third kappa shape index (κ3) is 4.19. The molecule has 1 N–H and O–H groups in total. The molecule has 4 nitrogen and oxygen atoms in total. The Kier molecular flexibility index (Phi) is 6.47. The summed E-state index contributed by atoms with van der Waals surface area (Å²) in [6.07, 6.45) is 6.06. The Balaban J connectivity index is 2.27. The smallest absolute Gasteiger partial charge is 0.314 e. The molecule has 128 valence electrons. The first-order valence-electron chi connectivity index (χ1n) is 8.70. The second-order valence-corrected chi connectivity index (χ2v) is 6.26. The number of nitrogens with zero attached hydrogens (tertiary/aromatic N) is 1. The van der Waals surface area contributed by atoms with Gasteiger partial charge in [-0.15, -0.1) is 0 Å². The number of fused-ring (bicyclic) bond motifs is 1. The fourth-order valence-electron chi connectivity index (χ4n) is 3.18. The maximum absolute atomic E-state index is 12.8. The lowest BCUT2D eigenvalue weighted by molar-refractivity contribution is -0.141. The first-order chi connectivity index (χ1) is 11.6. The van der Waals surface area contributed by atoms with Crippen molar-refractivity contribution in [3.05, 3.63) is 42.1 Å². The number of benzene rings is 1. The van der Waals surface area contributed by atoms with E-state index < -0.39 is 11.9 Å². The molecule has 0 radical (unpaired) electrons. The summed E-state index contributed by atoms with van der Waals surface area (Å²) < 4.78 is 0. The predicted molar refractivity (Wildman–Crippen MR) is 95.1 cm³/mol. The van der Waals surface area contributed by atoms with Crippen LogP contribution in [0.5, 0.6) is 0 Å². The van der Waals surface area contributed by atoms with Crippen molar-refractivity contribution in [2.24, 2.45) is 11.8 Å².